The Morgan fingerprint density at radius 1 is 0.875 bits per heavy atom. The number of hydrogen-bond acceptors (Lipinski definition) is 6. The molecule has 4 rings (SSSR count). The fourth-order valence-electron chi connectivity index (χ4n) is 3.64. The molecule has 0 atom stereocenters. The van der Waals surface area contributed by atoms with Gasteiger partial charge in [0, 0.05) is 50.4 Å². The average molecular weight is 434 g/mol. The molecule has 8 nitrogen and oxygen atoms in total. The van der Waals surface area contributed by atoms with Crippen molar-refractivity contribution in [2.75, 3.05) is 37.6 Å². The third kappa shape index (κ3) is 5.95. The second kappa shape index (κ2) is 10.6. The summed E-state index contributed by atoms with van der Waals surface area (Å²) in [5, 5.41) is 0. The molecule has 0 saturated carbocycles. The summed E-state index contributed by atoms with van der Waals surface area (Å²) in [5.41, 5.74) is 7.51. The summed E-state index contributed by atoms with van der Waals surface area (Å²) in [7, 11) is 0. The van der Waals surface area contributed by atoms with E-state index in [9.17, 15) is 9.59 Å². The van der Waals surface area contributed by atoms with Crippen LogP contribution in [0.5, 0.6) is 0 Å². The number of benzene rings is 2. The summed E-state index contributed by atoms with van der Waals surface area (Å²) in [5.74, 6) is -0.0958. The Morgan fingerprint density at radius 2 is 1.53 bits per heavy atom. The van der Waals surface area contributed by atoms with Crippen molar-refractivity contribution in [2.45, 2.75) is 12.8 Å². The van der Waals surface area contributed by atoms with Gasteiger partial charge in [-0.05, 0) is 24.3 Å². The minimum absolute atomic E-state index is 0.0259. The molecule has 1 aliphatic heterocycles. The first-order valence-electron chi connectivity index (χ1n) is 10.8. The van der Waals surface area contributed by atoms with Gasteiger partial charge in [0.15, 0.2) is 0 Å². The Morgan fingerprint density at radius 3 is 2.25 bits per heavy atom. The van der Waals surface area contributed by atoms with E-state index in [2.05, 4.69) is 37.8 Å². The molecule has 3 aromatic rings. The Balaban J connectivity index is 1.13. The fraction of sp³-hybridized carbons (Fsp3) is 0.292. The number of carbonyl (C=O) groups excluding carboxylic acids is 2. The molecule has 1 fully saturated rings. The van der Waals surface area contributed by atoms with Crippen molar-refractivity contribution in [3.8, 4) is 11.5 Å². The zero-order chi connectivity index (χ0) is 22.2. The monoisotopic (exact) mass is 433 g/mol. The van der Waals surface area contributed by atoms with Crippen molar-refractivity contribution in [3.05, 3.63) is 72.6 Å². The highest BCUT2D eigenvalue weighted by molar-refractivity contribution is 5.83. The lowest BCUT2D eigenvalue weighted by atomic mass is 10.2. The van der Waals surface area contributed by atoms with Crippen LogP contribution in [0, 0.1) is 0 Å². The molecule has 166 valence electrons. The summed E-state index contributed by atoms with van der Waals surface area (Å²) < 4.78 is 5.43. The Kier molecular flexibility index (Phi) is 7.14. The second-order valence-electron chi connectivity index (χ2n) is 7.70. The van der Waals surface area contributed by atoms with Crippen molar-refractivity contribution in [3.63, 3.8) is 0 Å². The first-order chi connectivity index (χ1) is 15.7. The highest BCUT2D eigenvalue weighted by Crippen LogP contribution is 2.18. The lowest BCUT2D eigenvalue weighted by molar-refractivity contribution is -0.128. The SMILES string of the molecule is O=C(CCN1CCN(c2ccccc2)CC1)NNC(=O)Cc1coc(-c2ccccc2)n1. The van der Waals surface area contributed by atoms with Gasteiger partial charge < -0.3 is 9.32 Å². The van der Waals surface area contributed by atoms with Crippen LogP contribution in [0.4, 0.5) is 5.69 Å². The van der Waals surface area contributed by atoms with E-state index in [1.807, 2.05) is 48.5 Å². The molecule has 32 heavy (non-hydrogen) atoms. The second-order valence-corrected chi connectivity index (χ2v) is 7.70. The van der Waals surface area contributed by atoms with Crippen LogP contribution in [0.3, 0.4) is 0 Å². The third-order valence-electron chi connectivity index (χ3n) is 5.40. The van der Waals surface area contributed by atoms with Gasteiger partial charge in [0.25, 0.3) is 0 Å². The number of piperazine rings is 1. The van der Waals surface area contributed by atoms with Crippen molar-refractivity contribution >= 4 is 17.5 Å². The number of rotatable bonds is 7. The molecule has 0 bridgehead atoms. The van der Waals surface area contributed by atoms with Crippen molar-refractivity contribution in [1.82, 2.24) is 20.7 Å². The van der Waals surface area contributed by atoms with E-state index >= 15 is 0 Å². The van der Waals surface area contributed by atoms with Crippen LogP contribution in [-0.4, -0.2) is 54.4 Å². The average Bonchev–Trinajstić information content (AvgIpc) is 3.31. The van der Waals surface area contributed by atoms with Gasteiger partial charge in [0.05, 0.1) is 12.1 Å². The van der Waals surface area contributed by atoms with E-state index in [1.165, 1.54) is 12.0 Å². The number of oxazole rings is 1. The van der Waals surface area contributed by atoms with E-state index in [-0.39, 0.29) is 18.2 Å². The van der Waals surface area contributed by atoms with Gasteiger partial charge in [0.2, 0.25) is 17.7 Å². The molecular weight excluding hydrogens is 406 g/mol. The van der Waals surface area contributed by atoms with E-state index in [1.54, 1.807) is 0 Å². The Bertz CT molecular complexity index is 1010. The van der Waals surface area contributed by atoms with Crippen LogP contribution < -0.4 is 15.8 Å². The van der Waals surface area contributed by atoms with Gasteiger partial charge in [-0.3, -0.25) is 25.3 Å². The normalized spacial score (nSPS) is 14.2. The van der Waals surface area contributed by atoms with Crippen LogP contribution in [0.1, 0.15) is 12.1 Å². The summed E-state index contributed by atoms with van der Waals surface area (Å²) in [6, 6.07) is 19.8. The number of carbonyl (C=O) groups is 2. The van der Waals surface area contributed by atoms with Crippen LogP contribution in [0.15, 0.2) is 71.3 Å². The number of amides is 2. The maximum absolute atomic E-state index is 12.1. The van der Waals surface area contributed by atoms with Gasteiger partial charge in [-0.15, -0.1) is 0 Å². The van der Waals surface area contributed by atoms with Crippen LogP contribution in [0.25, 0.3) is 11.5 Å². The molecule has 2 amide bonds. The number of hydrogen-bond donors (Lipinski definition) is 2. The molecule has 0 radical (unpaired) electrons. The first kappa shape index (κ1) is 21.6. The van der Waals surface area contributed by atoms with Gasteiger partial charge in [-0.1, -0.05) is 36.4 Å². The van der Waals surface area contributed by atoms with Crippen molar-refractivity contribution < 1.29 is 14.0 Å². The quantitative estimate of drug-likeness (QED) is 0.556. The summed E-state index contributed by atoms with van der Waals surface area (Å²) in [6.07, 6.45) is 1.81. The van der Waals surface area contributed by atoms with Crippen molar-refractivity contribution in [1.29, 1.82) is 0 Å². The molecule has 0 unspecified atom stereocenters. The molecule has 0 aliphatic carbocycles. The molecule has 1 saturated heterocycles. The van der Waals surface area contributed by atoms with Gasteiger partial charge in [-0.2, -0.15) is 0 Å². The summed E-state index contributed by atoms with van der Waals surface area (Å²) in [4.78, 5) is 33.2. The maximum Gasteiger partial charge on any atom is 0.244 e. The molecule has 1 aromatic heterocycles. The van der Waals surface area contributed by atoms with Gasteiger partial charge >= 0.3 is 0 Å². The number of aromatic nitrogens is 1. The van der Waals surface area contributed by atoms with Crippen LogP contribution >= 0.6 is 0 Å². The number of hydrazine groups is 1. The predicted octanol–water partition coefficient (Wildman–Crippen LogP) is 2.24. The number of nitrogens with zero attached hydrogens (tertiary/aromatic N) is 3. The highest BCUT2D eigenvalue weighted by Gasteiger charge is 2.18. The predicted molar refractivity (Wildman–Crippen MR) is 122 cm³/mol. The Labute approximate surface area is 187 Å². The Hall–Kier alpha value is -3.65. The first-order valence-corrected chi connectivity index (χ1v) is 10.8. The lowest BCUT2D eigenvalue weighted by Crippen LogP contribution is -2.48. The summed E-state index contributed by atoms with van der Waals surface area (Å²) in [6.45, 7) is 4.35. The molecule has 2 N–H and O–H groups in total. The third-order valence-corrected chi connectivity index (χ3v) is 5.40. The van der Waals surface area contributed by atoms with Gasteiger partial charge in [-0.25, -0.2) is 4.98 Å². The molecule has 2 aromatic carbocycles. The number of nitrogens with one attached hydrogen (secondary N) is 2. The molecule has 1 aliphatic rings. The highest BCUT2D eigenvalue weighted by atomic mass is 16.3. The van der Waals surface area contributed by atoms with E-state index in [4.69, 9.17) is 4.42 Å². The van der Waals surface area contributed by atoms with E-state index in [0.717, 1.165) is 31.7 Å². The maximum atomic E-state index is 12.1. The summed E-state index contributed by atoms with van der Waals surface area (Å²) >= 11 is 0. The molecule has 0 spiro atoms. The molecular formula is C24H27N5O3. The molecule has 8 heteroatoms. The lowest BCUT2D eigenvalue weighted by Gasteiger charge is -2.36. The minimum atomic E-state index is -0.345. The standard InChI is InChI=1S/C24H27N5O3/c30-22(11-12-28-13-15-29(16-14-28)21-9-5-2-6-10-21)26-27-23(31)17-20-18-32-24(25-20)19-7-3-1-4-8-19/h1-10,18H,11-17H2,(H,26,30)(H,27,31). The fourth-order valence-corrected chi connectivity index (χ4v) is 3.64. The number of para-hydroxylation sites is 1. The van der Waals surface area contributed by atoms with Crippen LogP contribution in [-0.2, 0) is 16.0 Å². The topological polar surface area (TPSA) is 90.7 Å². The minimum Gasteiger partial charge on any atom is -0.444 e. The van der Waals surface area contributed by atoms with Crippen LogP contribution in [0.2, 0.25) is 0 Å². The molecule has 2 heterocycles. The van der Waals surface area contributed by atoms with Gasteiger partial charge in [0.1, 0.15) is 6.26 Å². The zero-order valence-electron chi connectivity index (χ0n) is 17.9. The van der Waals surface area contributed by atoms with E-state index < -0.39 is 0 Å². The van der Waals surface area contributed by atoms with E-state index in [0.29, 0.717) is 24.6 Å². The number of anilines is 1. The van der Waals surface area contributed by atoms with Crippen molar-refractivity contribution in [2.24, 2.45) is 0 Å². The zero-order valence-corrected chi connectivity index (χ0v) is 17.9. The smallest absolute Gasteiger partial charge is 0.244 e. The largest absolute Gasteiger partial charge is 0.444 e.